The molecule has 2 heterocycles. The highest BCUT2D eigenvalue weighted by Crippen LogP contribution is 2.36. The van der Waals surface area contributed by atoms with Crippen LogP contribution in [0.25, 0.3) is 11.8 Å². The van der Waals surface area contributed by atoms with Gasteiger partial charge in [0.15, 0.2) is 11.4 Å². The summed E-state index contributed by atoms with van der Waals surface area (Å²) < 4.78 is 18.1. The number of methoxy groups -OCH3 is 1. The van der Waals surface area contributed by atoms with E-state index in [9.17, 15) is 14.4 Å². The summed E-state index contributed by atoms with van der Waals surface area (Å²) in [6, 6.07) is 22.5. The van der Waals surface area contributed by atoms with Crippen LogP contribution in [0.15, 0.2) is 94.2 Å². The molecule has 208 valence electrons. The molecule has 9 nitrogen and oxygen atoms in total. The summed E-state index contributed by atoms with van der Waals surface area (Å²) in [5.74, 6) is -0.725. The highest BCUT2D eigenvalue weighted by Gasteiger charge is 2.35. The maximum atomic E-state index is 14.0. The Balaban J connectivity index is 1.75. The van der Waals surface area contributed by atoms with E-state index in [2.05, 4.69) is 0 Å². The Morgan fingerprint density at radius 1 is 1.02 bits per heavy atom. The predicted molar refractivity (Wildman–Crippen MR) is 154 cm³/mol. The van der Waals surface area contributed by atoms with Crippen LogP contribution in [0.5, 0.6) is 11.5 Å². The lowest BCUT2D eigenvalue weighted by Crippen LogP contribution is -2.40. The van der Waals surface area contributed by atoms with E-state index in [1.54, 1.807) is 62.6 Å². The molecule has 10 heteroatoms. The third-order valence-electron chi connectivity index (χ3n) is 6.30. The molecule has 0 saturated carbocycles. The summed E-state index contributed by atoms with van der Waals surface area (Å²) in [7, 11) is 1.55. The molecule has 1 atom stereocenters. The molecule has 1 aliphatic rings. The van der Waals surface area contributed by atoms with E-state index in [1.165, 1.54) is 15.9 Å². The summed E-state index contributed by atoms with van der Waals surface area (Å²) in [5, 5.41) is 8.93. The fraction of sp³-hybridized carbons (Fsp3) is 0.161. The first-order chi connectivity index (χ1) is 19.9. The second-order valence-corrected chi connectivity index (χ2v) is 9.97. The van der Waals surface area contributed by atoms with Crippen LogP contribution in [0.2, 0.25) is 0 Å². The molecule has 0 bridgehead atoms. The number of carbonyl (C=O) groups is 2. The van der Waals surface area contributed by atoms with Gasteiger partial charge in [-0.25, -0.2) is 14.6 Å². The van der Waals surface area contributed by atoms with Gasteiger partial charge in [-0.2, -0.15) is 0 Å². The summed E-state index contributed by atoms with van der Waals surface area (Å²) in [6.45, 7) is 1.40. The highest BCUT2D eigenvalue weighted by atomic mass is 32.1. The van der Waals surface area contributed by atoms with Gasteiger partial charge in [-0.3, -0.25) is 9.36 Å². The van der Waals surface area contributed by atoms with Gasteiger partial charge in [0.1, 0.15) is 11.5 Å². The van der Waals surface area contributed by atoms with Crippen LogP contribution in [0.4, 0.5) is 0 Å². The van der Waals surface area contributed by atoms with Crippen LogP contribution in [0.3, 0.4) is 0 Å². The largest absolute Gasteiger partial charge is 0.497 e. The molecule has 0 unspecified atom stereocenters. The monoisotopic (exact) mass is 570 g/mol. The first-order valence-corrected chi connectivity index (χ1v) is 13.6. The number of esters is 1. The summed E-state index contributed by atoms with van der Waals surface area (Å²) in [4.78, 5) is 43.7. The van der Waals surface area contributed by atoms with Crippen molar-refractivity contribution in [2.24, 2.45) is 4.99 Å². The van der Waals surface area contributed by atoms with Crippen molar-refractivity contribution in [3.8, 4) is 11.5 Å². The Labute approximate surface area is 238 Å². The molecule has 1 aliphatic heterocycles. The Bertz CT molecular complexity index is 1820. The number of aliphatic carboxylic acids is 1. The molecule has 0 amide bonds. The zero-order valence-corrected chi connectivity index (χ0v) is 23.1. The fourth-order valence-corrected chi connectivity index (χ4v) is 5.56. The van der Waals surface area contributed by atoms with Gasteiger partial charge in [-0.1, -0.05) is 65.9 Å². The number of thiazole rings is 1. The smallest absolute Gasteiger partial charge is 0.341 e. The molecule has 0 fully saturated rings. The zero-order valence-electron chi connectivity index (χ0n) is 22.3. The standard InChI is InChI=1S/C31H26N2O7S/c1-3-39-30(37)26-27(20-10-5-4-6-11-20)32-31-33(28(26)21-12-8-13-22(17-21)38-2)29(36)24(41-31)16-19-9-7-14-23(15-19)40-18-25(34)35/h4-17,28H,3,18H2,1-2H3,(H,34,35)/b24-16-/t28-/m0/s1. The second-order valence-electron chi connectivity index (χ2n) is 8.96. The Kier molecular flexibility index (Phi) is 8.11. The predicted octanol–water partition coefficient (Wildman–Crippen LogP) is 3.41. The van der Waals surface area contributed by atoms with Gasteiger partial charge in [-0.15, -0.1) is 0 Å². The van der Waals surface area contributed by atoms with Crippen molar-refractivity contribution in [2.45, 2.75) is 13.0 Å². The minimum absolute atomic E-state index is 0.153. The number of hydrogen-bond acceptors (Lipinski definition) is 8. The van der Waals surface area contributed by atoms with E-state index in [0.29, 0.717) is 43.2 Å². The Morgan fingerprint density at radius 3 is 2.51 bits per heavy atom. The van der Waals surface area contributed by atoms with E-state index in [-0.39, 0.29) is 17.7 Å². The summed E-state index contributed by atoms with van der Waals surface area (Å²) in [5.41, 5.74) is 2.34. The van der Waals surface area contributed by atoms with Gasteiger partial charge >= 0.3 is 11.9 Å². The van der Waals surface area contributed by atoms with E-state index < -0.39 is 24.6 Å². The number of hydrogen-bond donors (Lipinski definition) is 1. The lowest BCUT2D eigenvalue weighted by atomic mass is 9.93. The second kappa shape index (κ2) is 12.1. The molecule has 41 heavy (non-hydrogen) atoms. The first kappa shape index (κ1) is 27.6. The maximum absolute atomic E-state index is 14.0. The molecular weight excluding hydrogens is 544 g/mol. The van der Waals surface area contributed by atoms with Crippen LogP contribution in [0, 0.1) is 0 Å². The van der Waals surface area contributed by atoms with Gasteiger partial charge in [0, 0.05) is 5.56 Å². The third-order valence-corrected chi connectivity index (χ3v) is 7.28. The van der Waals surface area contributed by atoms with Crippen molar-refractivity contribution in [1.82, 2.24) is 4.57 Å². The van der Waals surface area contributed by atoms with Crippen molar-refractivity contribution < 1.29 is 28.9 Å². The highest BCUT2D eigenvalue weighted by molar-refractivity contribution is 7.07. The number of benzene rings is 3. The molecule has 3 aromatic carbocycles. The van der Waals surface area contributed by atoms with Crippen LogP contribution >= 0.6 is 11.3 Å². The van der Waals surface area contributed by atoms with Crippen molar-refractivity contribution in [3.63, 3.8) is 0 Å². The molecule has 1 N–H and O–H groups in total. The van der Waals surface area contributed by atoms with Crippen molar-refractivity contribution in [2.75, 3.05) is 20.3 Å². The SMILES string of the molecule is CCOC(=O)C1=C(c2ccccc2)N=c2s/c(=C\c3cccc(OCC(=O)O)c3)c(=O)n2[C@H]1c1cccc(OC)c1. The van der Waals surface area contributed by atoms with Gasteiger partial charge in [0.2, 0.25) is 0 Å². The van der Waals surface area contributed by atoms with Crippen LogP contribution in [0.1, 0.15) is 29.7 Å². The number of carbonyl (C=O) groups excluding carboxylic acids is 1. The molecule has 0 spiro atoms. The van der Waals surface area contributed by atoms with Gasteiger partial charge in [0.05, 0.1) is 35.6 Å². The average molecular weight is 571 g/mol. The number of carboxylic acid groups (broad SMARTS) is 1. The van der Waals surface area contributed by atoms with Gasteiger partial charge in [-0.05, 0) is 48.4 Å². The fourth-order valence-electron chi connectivity index (χ4n) is 4.56. The lowest BCUT2D eigenvalue weighted by Gasteiger charge is -2.26. The Morgan fingerprint density at radius 2 is 1.78 bits per heavy atom. The zero-order chi connectivity index (χ0) is 28.9. The molecule has 4 aromatic rings. The maximum Gasteiger partial charge on any atom is 0.341 e. The topological polar surface area (TPSA) is 116 Å². The van der Waals surface area contributed by atoms with Crippen LogP contribution in [-0.4, -0.2) is 41.9 Å². The number of aromatic nitrogens is 1. The molecule has 0 saturated heterocycles. The van der Waals surface area contributed by atoms with E-state index >= 15 is 0 Å². The molecular formula is C31H26N2O7S. The number of ether oxygens (including phenoxy) is 3. The number of carboxylic acids is 1. The van der Waals surface area contributed by atoms with Crippen molar-refractivity contribution in [3.05, 3.63) is 121 Å². The van der Waals surface area contributed by atoms with Gasteiger partial charge in [0.25, 0.3) is 5.56 Å². The summed E-state index contributed by atoms with van der Waals surface area (Å²) in [6.07, 6.45) is 1.69. The molecule has 0 radical (unpaired) electrons. The molecule has 0 aliphatic carbocycles. The molecule has 1 aromatic heterocycles. The lowest BCUT2D eigenvalue weighted by molar-refractivity contribution is -0.140. The minimum Gasteiger partial charge on any atom is -0.497 e. The average Bonchev–Trinajstić information content (AvgIpc) is 3.30. The summed E-state index contributed by atoms with van der Waals surface area (Å²) >= 11 is 1.19. The quantitative estimate of drug-likeness (QED) is 0.307. The normalized spacial score (nSPS) is 14.7. The van der Waals surface area contributed by atoms with E-state index in [4.69, 9.17) is 24.3 Å². The van der Waals surface area contributed by atoms with Crippen molar-refractivity contribution in [1.29, 1.82) is 0 Å². The number of nitrogens with zero attached hydrogens (tertiary/aromatic N) is 2. The molecule has 5 rings (SSSR count). The minimum atomic E-state index is -1.09. The first-order valence-electron chi connectivity index (χ1n) is 12.8. The third kappa shape index (κ3) is 5.82. The van der Waals surface area contributed by atoms with Crippen LogP contribution < -0.4 is 24.4 Å². The van der Waals surface area contributed by atoms with E-state index in [0.717, 1.165) is 0 Å². The number of rotatable bonds is 9. The van der Waals surface area contributed by atoms with Crippen LogP contribution in [-0.2, 0) is 14.3 Å². The Hall–Kier alpha value is -4.96. The number of fused-ring (bicyclic) bond motifs is 1. The van der Waals surface area contributed by atoms with Crippen molar-refractivity contribution >= 4 is 35.0 Å². The van der Waals surface area contributed by atoms with Gasteiger partial charge < -0.3 is 19.3 Å². The van der Waals surface area contributed by atoms with E-state index in [1.807, 2.05) is 36.4 Å².